The molecule has 0 spiro atoms. The van der Waals surface area contributed by atoms with Crippen LogP contribution in [0.3, 0.4) is 0 Å². The number of fused-ring (bicyclic) bond motifs is 1. The first-order valence-electron chi connectivity index (χ1n) is 12.5. The number of ether oxygens (including phenoxy) is 3. The molecule has 1 amide bonds. The van der Waals surface area contributed by atoms with E-state index in [0.717, 1.165) is 16.7 Å². The number of rotatable bonds is 11. The van der Waals surface area contributed by atoms with Crippen molar-refractivity contribution >= 4 is 28.9 Å². The molecule has 38 heavy (non-hydrogen) atoms. The molecule has 1 aliphatic carbocycles. The van der Waals surface area contributed by atoms with Gasteiger partial charge in [-0.05, 0) is 41.8 Å². The Morgan fingerprint density at radius 3 is 2.50 bits per heavy atom. The Hall–Kier alpha value is -3.95. The number of carboxylic acid groups (broad SMARTS) is 1. The molecule has 0 saturated carbocycles. The number of ketones is 1. The van der Waals surface area contributed by atoms with Crippen molar-refractivity contribution in [2.45, 2.75) is 38.0 Å². The molecule has 0 aromatic heterocycles. The van der Waals surface area contributed by atoms with Gasteiger partial charge < -0.3 is 30.0 Å². The predicted molar refractivity (Wildman–Crippen MR) is 142 cm³/mol. The summed E-state index contributed by atoms with van der Waals surface area (Å²) in [7, 11) is 3.26. The molecule has 2 aromatic carbocycles. The lowest BCUT2D eigenvalue weighted by atomic mass is 9.88. The highest BCUT2D eigenvalue weighted by Crippen LogP contribution is 2.34. The lowest BCUT2D eigenvalue weighted by Crippen LogP contribution is -2.49. The Morgan fingerprint density at radius 1 is 1.13 bits per heavy atom. The second-order valence-corrected chi connectivity index (χ2v) is 9.14. The van der Waals surface area contributed by atoms with Gasteiger partial charge in [0.25, 0.3) is 5.91 Å². The number of benzene rings is 2. The van der Waals surface area contributed by atoms with Gasteiger partial charge in [0.2, 0.25) is 0 Å². The van der Waals surface area contributed by atoms with Crippen LogP contribution in [0, 0.1) is 0 Å². The van der Waals surface area contributed by atoms with Gasteiger partial charge in [0.15, 0.2) is 11.8 Å². The molecule has 9 heteroatoms. The first-order chi connectivity index (χ1) is 18.4. The van der Waals surface area contributed by atoms with Gasteiger partial charge in [0.1, 0.15) is 11.8 Å². The third-order valence-corrected chi connectivity index (χ3v) is 6.70. The minimum atomic E-state index is -1.20. The van der Waals surface area contributed by atoms with E-state index in [1.807, 2.05) is 37.3 Å². The molecular formula is C29H32N2O7. The van der Waals surface area contributed by atoms with Crippen LogP contribution in [0.5, 0.6) is 0 Å². The molecule has 9 nitrogen and oxygen atoms in total. The second-order valence-electron chi connectivity index (χ2n) is 9.14. The van der Waals surface area contributed by atoms with Gasteiger partial charge in [0.05, 0.1) is 19.8 Å². The van der Waals surface area contributed by atoms with Gasteiger partial charge >= 0.3 is 5.97 Å². The van der Waals surface area contributed by atoms with E-state index in [0.29, 0.717) is 42.2 Å². The monoisotopic (exact) mass is 520 g/mol. The number of amides is 1. The summed E-state index contributed by atoms with van der Waals surface area (Å²) in [5.74, 6) is -1.55. The summed E-state index contributed by atoms with van der Waals surface area (Å²) in [4.78, 5) is 37.4. The molecule has 200 valence electrons. The molecule has 1 heterocycles. The number of carboxylic acids is 1. The zero-order chi connectivity index (χ0) is 27.2. The first-order valence-corrected chi connectivity index (χ1v) is 12.5. The third-order valence-electron chi connectivity index (χ3n) is 6.70. The smallest absolute Gasteiger partial charge is 0.326 e. The Bertz CT molecular complexity index is 1270. The zero-order valence-corrected chi connectivity index (χ0v) is 21.7. The maximum atomic E-state index is 12.8. The maximum Gasteiger partial charge on any atom is 0.326 e. The van der Waals surface area contributed by atoms with Gasteiger partial charge in [-0.1, -0.05) is 36.4 Å². The summed E-state index contributed by atoms with van der Waals surface area (Å²) in [5.41, 5.74) is 4.55. The molecule has 3 unspecified atom stereocenters. The number of hydrogen-bond donors (Lipinski definition) is 3. The van der Waals surface area contributed by atoms with Crippen molar-refractivity contribution in [1.29, 1.82) is 0 Å². The molecule has 1 aliphatic heterocycles. The summed E-state index contributed by atoms with van der Waals surface area (Å²) in [6.45, 7) is 3.07. The van der Waals surface area contributed by atoms with Gasteiger partial charge in [-0.25, -0.2) is 4.79 Å². The molecular weight excluding hydrogens is 488 g/mol. The Labute approximate surface area is 221 Å². The second kappa shape index (κ2) is 12.1. The summed E-state index contributed by atoms with van der Waals surface area (Å²) >= 11 is 0. The normalized spacial score (nSPS) is 19.3. The quantitative estimate of drug-likeness (QED) is 0.386. The van der Waals surface area contributed by atoms with Crippen LogP contribution in [-0.4, -0.2) is 68.4 Å². The SMILES string of the molecule is CCOCC1=CC(OC)=C(c2ccc(CC(NC(=O)C3Nc4ccccc4C3=O)C(=O)O)cc2)C(OC)C1. The number of Topliss-reactive ketones (excluding diaryl/α,β-unsaturated/α-hetero) is 1. The van der Waals surface area contributed by atoms with E-state index in [1.165, 1.54) is 0 Å². The fraction of sp³-hybridized carbons (Fsp3) is 0.345. The fourth-order valence-corrected chi connectivity index (χ4v) is 4.75. The van der Waals surface area contributed by atoms with Crippen LogP contribution in [0.15, 0.2) is 65.9 Å². The van der Waals surface area contributed by atoms with Crippen molar-refractivity contribution in [2.24, 2.45) is 0 Å². The highest BCUT2D eigenvalue weighted by Gasteiger charge is 2.37. The van der Waals surface area contributed by atoms with Gasteiger partial charge in [-0.3, -0.25) is 9.59 Å². The molecule has 2 aromatic rings. The zero-order valence-electron chi connectivity index (χ0n) is 21.7. The van der Waals surface area contributed by atoms with E-state index in [2.05, 4.69) is 10.6 Å². The Balaban J connectivity index is 1.48. The van der Waals surface area contributed by atoms with E-state index < -0.39 is 24.0 Å². The summed E-state index contributed by atoms with van der Waals surface area (Å²) in [6.07, 6.45) is 2.48. The average molecular weight is 521 g/mol. The van der Waals surface area contributed by atoms with Crippen molar-refractivity contribution < 1.29 is 33.7 Å². The van der Waals surface area contributed by atoms with Crippen LogP contribution < -0.4 is 10.6 Å². The number of hydrogen-bond acceptors (Lipinski definition) is 7. The van der Waals surface area contributed by atoms with Gasteiger partial charge in [0, 0.05) is 43.4 Å². The highest BCUT2D eigenvalue weighted by molar-refractivity contribution is 6.21. The van der Waals surface area contributed by atoms with Gasteiger partial charge in [-0.15, -0.1) is 0 Å². The number of allylic oxidation sites excluding steroid dienone is 1. The summed E-state index contributed by atoms with van der Waals surface area (Å²) in [6, 6.07) is 11.9. The number of aliphatic carboxylic acids is 1. The predicted octanol–water partition coefficient (Wildman–Crippen LogP) is 3.21. The van der Waals surface area contributed by atoms with E-state index in [9.17, 15) is 19.5 Å². The van der Waals surface area contributed by atoms with Crippen molar-refractivity contribution in [1.82, 2.24) is 5.32 Å². The minimum Gasteiger partial charge on any atom is -0.496 e. The molecule has 0 bridgehead atoms. The standard InChI is InChI=1S/C29H32N2O7/c1-4-38-16-18-14-23(36-2)25(24(15-18)37-3)19-11-9-17(10-12-19)13-22(29(34)35)31-28(33)26-27(32)20-7-5-6-8-21(20)30-26/h5-12,14,22,24,26,30H,4,13,15-16H2,1-3H3,(H,31,33)(H,34,35). The summed E-state index contributed by atoms with van der Waals surface area (Å²) in [5, 5.41) is 15.2. The minimum absolute atomic E-state index is 0.0531. The lowest BCUT2D eigenvalue weighted by Gasteiger charge is -2.27. The van der Waals surface area contributed by atoms with Crippen molar-refractivity contribution in [3.05, 3.63) is 82.6 Å². The number of carbonyl (C=O) groups excluding carboxylic acids is 2. The van der Waals surface area contributed by atoms with Crippen LogP contribution in [0.2, 0.25) is 0 Å². The van der Waals surface area contributed by atoms with E-state index >= 15 is 0 Å². The van der Waals surface area contributed by atoms with Crippen molar-refractivity contribution in [3.8, 4) is 0 Å². The third kappa shape index (κ3) is 5.79. The van der Waals surface area contributed by atoms with Crippen LogP contribution >= 0.6 is 0 Å². The number of methoxy groups -OCH3 is 2. The maximum absolute atomic E-state index is 12.8. The molecule has 0 saturated heterocycles. The number of anilines is 1. The largest absolute Gasteiger partial charge is 0.496 e. The summed E-state index contributed by atoms with van der Waals surface area (Å²) < 4.78 is 17.0. The molecule has 2 aliphatic rings. The molecule has 3 atom stereocenters. The Morgan fingerprint density at radius 2 is 1.87 bits per heavy atom. The van der Waals surface area contributed by atoms with E-state index in [1.54, 1.807) is 38.5 Å². The van der Waals surface area contributed by atoms with Crippen molar-refractivity contribution in [2.75, 3.05) is 32.8 Å². The average Bonchev–Trinajstić information content (AvgIpc) is 3.27. The fourth-order valence-electron chi connectivity index (χ4n) is 4.75. The van der Waals surface area contributed by atoms with E-state index in [4.69, 9.17) is 14.2 Å². The molecule has 3 N–H and O–H groups in total. The van der Waals surface area contributed by atoms with Crippen LogP contribution in [-0.2, 0) is 30.2 Å². The van der Waals surface area contributed by atoms with Crippen LogP contribution in [0.1, 0.15) is 34.8 Å². The number of carbonyl (C=O) groups is 3. The Kier molecular flexibility index (Phi) is 8.60. The van der Waals surface area contributed by atoms with Crippen LogP contribution in [0.25, 0.3) is 5.57 Å². The van der Waals surface area contributed by atoms with Crippen LogP contribution in [0.4, 0.5) is 5.69 Å². The molecule has 0 radical (unpaired) electrons. The van der Waals surface area contributed by atoms with E-state index in [-0.39, 0.29) is 18.3 Å². The molecule has 0 fully saturated rings. The topological polar surface area (TPSA) is 123 Å². The van der Waals surface area contributed by atoms with Crippen molar-refractivity contribution in [3.63, 3.8) is 0 Å². The first kappa shape index (κ1) is 27.1. The number of para-hydroxylation sites is 1. The number of nitrogens with one attached hydrogen (secondary N) is 2. The highest BCUT2D eigenvalue weighted by atomic mass is 16.5. The molecule has 4 rings (SSSR count). The van der Waals surface area contributed by atoms with Gasteiger partial charge in [-0.2, -0.15) is 0 Å². The lowest BCUT2D eigenvalue weighted by molar-refractivity contribution is -0.141.